The van der Waals surface area contributed by atoms with Crippen molar-refractivity contribution >= 4 is 18.6 Å². The van der Waals surface area contributed by atoms with Gasteiger partial charge in [-0.05, 0) is 24.5 Å². The lowest BCUT2D eigenvalue weighted by Gasteiger charge is -2.30. The number of anilines is 1. The summed E-state index contributed by atoms with van der Waals surface area (Å²) in [6.45, 7) is 1.66. The molecular formula is C13H14NO2P. The van der Waals surface area contributed by atoms with E-state index in [4.69, 9.17) is 10.3 Å². The van der Waals surface area contributed by atoms with E-state index >= 15 is 0 Å². The Kier molecular flexibility index (Phi) is 2.20. The molecule has 4 heteroatoms. The summed E-state index contributed by atoms with van der Waals surface area (Å²) in [7, 11) is -2.76. The van der Waals surface area contributed by atoms with Crippen LogP contribution < -0.4 is 10.3 Å². The first-order valence-electron chi connectivity index (χ1n) is 5.67. The second kappa shape index (κ2) is 3.51. The first-order valence-corrected chi connectivity index (χ1v) is 7.74. The Balaban J connectivity index is 2.30. The number of allylic oxidation sites excluding steroid dienone is 4. The second-order valence-electron chi connectivity index (χ2n) is 4.45. The van der Waals surface area contributed by atoms with Crippen molar-refractivity contribution in [2.45, 2.75) is 12.8 Å². The molecule has 1 aliphatic heterocycles. The number of nitrogens with two attached hydrogens (primary N) is 1. The van der Waals surface area contributed by atoms with Gasteiger partial charge in [-0.2, -0.15) is 0 Å². The maximum Gasteiger partial charge on any atom is 0.274 e. The third kappa shape index (κ3) is 1.54. The molecule has 1 atom stereocenters. The summed E-state index contributed by atoms with van der Waals surface area (Å²) < 4.78 is 18.2. The van der Waals surface area contributed by atoms with Gasteiger partial charge in [0.2, 0.25) is 0 Å². The van der Waals surface area contributed by atoms with Gasteiger partial charge >= 0.3 is 0 Å². The SMILES string of the molecule is CP1(=O)Oc2c(N)cccc2C2=CCCC=C21. The monoisotopic (exact) mass is 247 g/mol. The van der Waals surface area contributed by atoms with Crippen LogP contribution in [-0.4, -0.2) is 6.66 Å². The van der Waals surface area contributed by atoms with Crippen molar-refractivity contribution in [1.82, 2.24) is 0 Å². The lowest BCUT2D eigenvalue weighted by atomic mass is 9.98. The first-order chi connectivity index (χ1) is 8.09. The highest BCUT2D eigenvalue weighted by molar-refractivity contribution is 7.64. The highest BCUT2D eigenvalue weighted by Gasteiger charge is 2.35. The number of hydrogen-bond donors (Lipinski definition) is 1. The minimum absolute atomic E-state index is 0.551. The van der Waals surface area contributed by atoms with E-state index in [9.17, 15) is 4.57 Å². The van der Waals surface area contributed by atoms with Crippen LogP contribution >= 0.6 is 7.37 Å². The molecule has 1 heterocycles. The molecule has 0 radical (unpaired) electrons. The summed E-state index contributed by atoms with van der Waals surface area (Å²) in [6, 6.07) is 5.64. The van der Waals surface area contributed by atoms with Crippen LogP contribution in [0, 0.1) is 0 Å². The summed E-state index contributed by atoms with van der Waals surface area (Å²) in [5.74, 6) is 0.573. The van der Waals surface area contributed by atoms with Crippen molar-refractivity contribution < 1.29 is 9.09 Å². The number of rotatable bonds is 0. The van der Waals surface area contributed by atoms with Crippen molar-refractivity contribution in [3.63, 3.8) is 0 Å². The smallest absolute Gasteiger partial charge is 0.274 e. The van der Waals surface area contributed by atoms with Crippen molar-refractivity contribution in [3.8, 4) is 5.75 Å². The first kappa shape index (κ1) is 10.7. The fraction of sp³-hybridized carbons (Fsp3) is 0.231. The quantitative estimate of drug-likeness (QED) is 0.562. The van der Waals surface area contributed by atoms with E-state index in [-0.39, 0.29) is 0 Å². The third-order valence-electron chi connectivity index (χ3n) is 3.17. The molecule has 1 aliphatic carbocycles. The molecule has 3 rings (SSSR count). The Hall–Kier alpha value is -1.47. The van der Waals surface area contributed by atoms with Crippen LogP contribution in [0.4, 0.5) is 5.69 Å². The largest absolute Gasteiger partial charge is 0.437 e. The van der Waals surface area contributed by atoms with Crippen LogP contribution in [0.25, 0.3) is 5.57 Å². The molecule has 0 saturated heterocycles. The number of hydrogen-bond acceptors (Lipinski definition) is 3. The van der Waals surface area contributed by atoms with Gasteiger partial charge in [-0.25, -0.2) is 0 Å². The van der Waals surface area contributed by atoms with Gasteiger partial charge in [-0.1, -0.05) is 24.3 Å². The molecule has 0 bridgehead atoms. The Morgan fingerprint density at radius 2 is 2.06 bits per heavy atom. The van der Waals surface area contributed by atoms with Crippen molar-refractivity contribution in [2.24, 2.45) is 0 Å². The van der Waals surface area contributed by atoms with Crippen LogP contribution in [0.5, 0.6) is 5.75 Å². The standard InChI is InChI=1S/C13H14NO2P/c1-17(15)12-8-3-2-5-9(12)10-6-4-7-11(14)13(10)16-17/h4-8H,2-3,14H2,1H3. The van der Waals surface area contributed by atoms with Gasteiger partial charge in [0.25, 0.3) is 7.37 Å². The van der Waals surface area contributed by atoms with E-state index < -0.39 is 7.37 Å². The third-order valence-corrected chi connectivity index (χ3v) is 5.00. The molecule has 1 aromatic rings. The molecule has 2 N–H and O–H groups in total. The van der Waals surface area contributed by atoms with Gasteiger partial charge < -0.3 is 10.3 Å². The van der Waals surface area contributed by atoms with E-state index in [2.05, 4.69) is 6.08 Å². The predicted molar refractivity (Wildman–Crippen MR) is 70.3 cm³/mol. The minimum Gasteiger partial charge on any atom is -0.437 e. The van der Waals surface area contributed by atoms with E-state index in [1.165, 1.54) is 0 Å². The number of nitrogen functional groups attached to an aromatic ring is 1. The molecule has 2 aliphatic rings. The summed E-state index contributed by atoms with van der Waals surface area (Å²) in [5.41, 5.74) is 8.44. The lowest BCUT2D eigenvalue weighted by molar-refractivity contribution is 0.493. The summed E-state index contributed by atoms with van der Waals surface area (Å²) in [6.07, 6.45) is 6.07. The Labute approximate surface area is 100 Å². The van der Waals surface area contributed by atoms with Crippen molar-refractivity contribution in [3.05, 3.63) is 41.2 Å². The Morgan fingerprint density at radius 3 is 2.88 bits per heavy atom. The highest BCUT2D eigenvalue weighted by Crippen LogP contribution is 2.63. The molecule has 3 nitrogen and oxygen atoms in total. The average Bonchev–Trinajstić information content (AvgIpc) is 2.31. The molecule has 0 spiro atoms. The zero-order valence-corrected chi connectivity index (χ0v) is 10.5. The number of benzene rings is 1. The van der Waals surface area contributed by atoms with Crippen LogP contribution in [0.15, 0.2) is 35.7 Å². The minimum atomic E-state index is -2.76. The van der Waals surface area contributed by atoms with Crippen molar-refractivity contribution in [1.29, 1.82) is 0 Å². The van der Waals surface area contributed by atoms with Crippen LogP contribution in [0.1, 0.15) is 18.4 Å². The second-order valence-corrected chi connectivity index (χ2v) is 6.80. The van der Waals surface area contributed by atoms with Gasteiger partial charge in [-0.3, -0.25) is 4.57 Å². The normalized spacial score (nSPS) is 26.2. The number of para-hydroxylation sites is 1. The molecule has 0 aromatic heterocycles. The number of fused-ring (bicyclic) bond motifs is 3. The highest BCUT2D eigenvalue weighted by atomic mass is 31.2. The average molecular weight is 247 g/mol. The van der Waals surface area contributed by atoms with E-state index in [0.29, 0.717) is 11.4 Å². The topological polar surface area (TPSA) is 52.3 Å². The molecule has 88 valence electrons. The summed E-state index contributed by atoms with van der Waals surface area (Å²) in [4.78, 5) is 0. The molecular weight excluding hydrogens is 233 g/mol. The van der Waals surface area contributed by atoms with Gasteiger partial charge in [0.05, 0.1) is 11.0 Å². The van der Waals surface area contributed by atoms with E-state index in [1.807, 2.05) is 18.2 Å². The van der Waals surface area contributed by atoms with E-state index in [0.717, 1.165) is 29.3 Å². The molecule has 0 amide bonds. The van der Waals surface area contributed by atoms with Crippen LogP contribution in [0.3, 0.4) is 0 Å². The van der Waals surface area contributed by atoms with Gasteiger partial charge in [0.1, 0.15) is 0 Å². The lowest BCUT2D eigenvalue weighted by Crippen LogP contribution is -2.10. The molecule has 0 fully saturated rings. The van der Waals surface area contributed by atoms with Gasteiger partial charge in [0.15, 0.2) is 5.75 Å². The van der Waals surface area contributed by atoms with Crippen LogP contribution in [-0.2, 0) is 4.57 Å². The van der Waals surface area contributed by atoms with Gasteiger partial charge in [-0.15, -0.1) is 0 Å². The predicted octanol–water partition coefficient (Wildman–Crippen LogP) is 3.63. The van der Waals surface area contributed by atoms with Crippen LogP contribution in [0.2, 0.25) is 0 Å². The zero-order valence-electron chi connectivity index (χ0n) is 9.64. The molecule has 0 saturated carbocycles. The maximum atomic E-state index is 12.5. The fourth-order valence-electron chi connectivity index (χ4n) is 2.39. The van der Waals surface area contributed by atoms with E-state index in [1.54, 1.807) is 12.7 Å². The summed E-state index contributed by atoms with van der Waals surface area (Å²) in [5, 5.41) is 0.849. The zero-order chi connectivity index (χ0) is 12.0. The molecule has 17 heavy (non-hydrogen) atoms. The van der Waals surface area contributed by atoms with Gasteiger partial charge in [0, 0.05) is 12.2 Å². The molecule has 1 aromatic carbocycles. The Morgan fingerprint density at radius 1 is 1.29 bits per heavy atom. The van der Waals surface area contributed by atoms with Crippen molar-refractivity contribution in [2.75, 3.05) is 12.4 Å². The Bertz CT molecular complexity index is 601. The summed E-state index contributed by atoms with van der Waals surface area (Å²) >= 11 is 0. The molecule has 1 unspecified atom stereocenters. The fourth-order valence-corrected chi connectivity index (χ4v) is 4.15. The maximum absolute atomic E-state index is 12.5.